The first-order chi connectivity index (χ1) is 10.7. The maximum Gasteiger partial charge on any atom is 0.253 e. The highest BCUT2D eigenvalue weighted by molar-refractivity contribution is 6.31. The smallest absolute Gasteiger partial charge is 0.253 e. The van der Waals surface area contributed by atoms with Crippen LogP contribution in [-0.4, -0.2) is 38.7 Å². The topological polar surface area (TPSA) is 98.7 Å². The van der Waals surface area contributed by atoms with Gasteiger partial charge in [0.15, 0.2) is 0 Å². The van der Waals surface area contributed by atoms with Crippen molar-refractivity contribution in [1.82, 2.24) is 25.5 Å². The first-order valence-corrected chi connectivity index (χ1v) is 7.60. The third-order valence-corrected chi connectivity index (χ3v) is 4.31. The highest BCUT2D eigenvalue weighted by atomic mass is 35.5. The molecule has 1 aromatic carbocycles. The summed E-state index contributed by atoms with van der Waals surface area (Å²) in [5.41, 5.74) is 6.81. The van der Waals surface area contributed by atoms with Gasteiger partial charge in [0.05, 0.1) is 11.3 Å². The second kappa shape index (κ2) is 7.72. The van der Waals surface area contributed by atoms with Crippen molar-refractivity contribution in [3.63, 3.8) is 0 Å². The molecule has 0 radical (unpaired) electrons. The fourth-order valence-corrected chi connectivity index (χ4v) is 3.09. The summed E-state index contributed by atoms with van der Waals surface area (Å²) < 4.78 is 1.44. The van der Waals surface area contributed by atoms with E-state index in [1.54, 1.807) is 18.2 Å². The second-order valence-corrected chi connectivity index (χ2v) is 5.86. The Morgan fingerprint density at radius 2 is 2.26 bits per heavy atom. The van der Waals surface area contributed by atoms with E-state index in [0.717, 1.165) is 19.3 Å². The summed E-state index contributed by atoms with van der Waals surface area (Å²) in [7, 11) is 0. The molecule has 0 saturated heterocycles. The van der Waals surface area contributed by atoms with Gasteiger partial charge in [0.25, 0.3) is 5.91 Å². The second-order valence-electron chi connectivity index (χ2n) is 5.42. The van der Waals surface area contributed by atoms with E-state index in [9.17, 15) is 4.79 Å². The predicted octanol–water partition coefficient (Wildman–Crippen LogP) is 1.59. The Morgan fingerprint density at radius 3 is 2.96 bits per heavy atom. The molecular formula is C14H18Cl2N6O. The number of hydrogen-bond donors (Lipinski definition) is 2. The number of amides is 1. The van der Waals surface area contributed by atoms with Crippen LogP contribution in [0, 0.1) is 5.92 Å². The molecule has 1 aliphatic rings. The summed E-state index contributed by atoms with van der Waals surface area (Å²) in [5.74, 6) is 0.151. The van der Waals surface area contributed by atoms with E-state index in [0.29, 0.717) is 28.7 Å². The lowest BCUT2D eigenvalue weighted by atomic mass is 10.0. The fourth-order valence-electron chi connectivity index (χ4n) is 2.92. The number of benzene rings is 1. The number of nitrogens with two attached hydrogens (primary N) is 1. The van der Waals surface area contributed by atoms with Crippen LogP contribution in [0.3, 0.4) is 0 Å². The van der Waals surface area contributed by atoms with Crippen molar-refractivity contribution in [2.75, 3.05) is 6.54 Å². The van der Waals surface area contributed by atoms with Gasteiger partial charge in [-0.25, -0.2) is 0 Å². The van der Waals surface area contributed by atoms with Crippen molar-refractivity contribution in [2.45, 2.75) is 25.3 Å². The van der Waals surface area contributed by atoms with Gasteiger partial charge in [0, 0.05) is 11.1 Å². The minimum absolute atomic E-state index is 0. The van der Waals surface area contributed by atoms with Crippen molar-refractivity contribution >= 4 is 29.9 Å². The Bertz CT molecular complexity index is 663. The van der Waals surface area contributed by atoms with Crippen LogP contribution in [-0.2, 0) is 0 Å². The van der Waals surface area contributed by atoms with Gasteiger partial charge in [-0.1, -0.05) is 18.0 Å². The van der Waals surface area contributed by atoms with Crippen LogP contribution in [0.4, 0.5) is 0 Å². The highest BCUT2D eigenvalue weighted by Gasteiger charge is 2.28. The summed E-state index contributed by atoms with van der Waals surface area (Å²) in [6, 6.07) is 5.16. The van der Waals surface area contributed by atoms with Crippen molar-refractivity contribution in [2.24, 2.45) is 11.7 Å². The third kappa shape index (κ3) is 3.80. The number of halogens is 2. The molecule has 1 aliphatic carbocycles. The average Bonchev–Trinajstić information content (AvgIpc) is 3.18. The molecule has 3 N–H and O–H groups in total. The molecule has 2 atom stereocenters. The van der Waals surface area contributed by atoms with E-state index in [4.69, 9.17) is 17.3 Å². The van der Waals surface area contributed by atoms with Gasteiger partial charge in [-0.15, -0.1) is 17.5 Å². The molecule has 9 heteroatoms. The van der Waals surface area contributed by atoms with E-state index in [2.05, 4.69) is 20.8 Å². The van der Waals surface area contributed by atoms with Crippen LogP contribution in [0.2, 0.25) is 5.02 Å². The molecule has 0 spiro atoms. The number of carbonyl (C=O) groups is 1. The summed E-state index contributed by atoms with van der Waals surface area (Å²) in [6.07, 6.45) is 4.53. The number of nitrogens with one attached hydrogen (secondary N) is 1. The molecule has 124 valence electrons. The lowest BCUT2D eigenvalue weighted by Crippen LogP contribution is -2.40. The summed E-state index contributed by atoms with van der Waals surface area (Å²) in [4.78, 5) is 12.6. The van der Waals surface area contributed by atoms with Crippen LogP contribution in [0.1, 0.15) is 29.6 Å². The molecule has 7 nitrogen and oxygen atoms in total. The summed E-state index contributed by atoms with van der Waals surface area (Å²) in [5, 5.41) is 14.6. The standard InChI is InChI=1S/C14H17ClN6O.ClH/c15-10-4-5-13(21-8-17-19-20-21)11(6-10)14(22)18-12-3-1-2-9(12)7-16;/h4-6,8-9,12H,1-3,7,16H2,(H,18,22);1H. The quantitative estimate of drug-likeness (QED) is 0.866. The van der Waals surface area contributed by atoms with Gasteiger partial charge in [0.1, 0.15) is 6.33 Å². The Labute approximate surface area is 145 Å². The van der Waals surface area contributed by atoms with Crippen molar-refractivity contribution in [3.8, 4) is 5.69 Å². The number of rotatable bonds is 4. The normalized spacial score (nSPS) is 20.1. The van der Waals surface area contributed by atoms with Crippen LogP contribution < -0.4 is 11.1 Å². The Morgan fingerprint density at radius 1 is 1.43 bits per heavy atom. The van der Waals surface area contributed by atoms with Crippen LogP contribution in [0.25, 0.3) is 5.69 Å². The zero-order valence-electron chi connectivity index (χ0n) is 12.4. The molecule has 23 heavy (non-hydrogen) atoms. The fraction of sp³-hybridized carbons (Fsp3) is 0.429. The lowest BCUT2D eigenvalue weighted by Gasteiger charge is -2.20. The largest absolute Gasteiger partial charge is 0.349 e. The summed E-state index contributed by atoms with van der Waals surface area (Å²) >= 11 is 6.03. The molecule has 2 unspecified atom stereocenters. The van der Waals surface area contributed by atoms with Gasteiger partial charge in [-0.3, -0.25) is 4.79 Å². The Kier molecular flexibility index (Phi) is 5.92. The first-order valence-electron chi connectivity index (χ1n) is 7.23. The number of nitrogens with zero attached hydrogens (tertiary/aromatic N) is 4. The molecule has 1 saturated carbocycles. The lowest BCUT2D eigenvalue weighted by molar-refractivity contribution is 0.0928. The van der Waals surface area contributed by atoms with E-state index in [1.807, 2.05) is 0 Å². The van der Waals surface area contributed by atoms with Crippen molar-refractivity contribution in [3.05, 3.63) is 35.1 Å². The monoisotopic (exact) mass is 356 g/mol. The predicted molar refractivity (Wildman–Crippen MR) is 89.1 cm³/mol. The van der Waals surface area contributed by atoms with E-state index < -0.39 is 0 Å². The molecule has 0 aliphatic heterocycles. The number of carbonyl (C=O) groups excluding carboxylic acids is 1. The van der Waals surface area contributed by atoms with Crippen molar-refractivity contribution in [1.29, 1.82) is 0 Å². The number of tetrazole rings is 1. The minimum Gasteiger partial charge on any atom is -0.349 e. The van der Waals surface area contributed by atoms with E-state index >= 15 is 0 Å². The van der Waals surface area contributed by atoms with Crippen molar-refractivity contribution < 1.29 is 4.79 Å². The van der Waals surface area contributed by atoms with Gasteiger partial charge < -0.3 is 11.1 Å². The molecule has 0 bridgehead atoms. The summed E-state index contributed by atoms with van der Waals surface area (Å²) in [6.45, 7) is 0.584. The van der Waals surface area contributed by atoms with E-state index in [1.165, 1.54) is 11.0 Å². The molecular weight excluding hydrogens is 339 g/mol. The zero-order valence-corrected chi connectivity index (χ0v) is 13.9. The Balaban J connectivity index is 0.00000192. The molecule has 3 rings (SSSR count). The Hall–Kier alpha value is -1.70. The van der Waals surface area contributed by atoms with Crippen LogP contribution >= 0.6 is 24.0 Å². The van der Waals surface area contributed by atoms with E-state index in [-0.39, 0.29) is 24.4 Å². The third-order valence-electron chi connectivity index (χ3n) is 4.08. The molecule has 1 fully saturated rings. The SMILES string of the molecule is Cl.NCC1CCCC1NC(=O)c1cc(Cl)ccc1-n1cnnn1. The first kappa shape index (κ1) is 17.7. The molecule has 2 aromatic rings. The number of aromatic nitrogens is 4. The van der Waals surface area contributed by atoms with Crippen LogP contribution in [0.15, 0.2) is 24.5 Å². The van der Waals surface area contributed by atoms with Gasteiger partial charge in [-0.05, 0) is 53.9 Å². The van der Waals surface area contributed by atoms with Gasteiger partial charge >= 0.3 is 0 Å². The zero-order chi connectivity index (χ0) is 15.5. The van der Waals surface area contributed by atoms with Crippen LogP contribution in [0.5, 0.6) is 0 Å². The highest BCUT2D eigenvalue weighted by Crippen LogP contribution is 2.26. The number of hydrogen-bond acceptors (Lipinski definition) is 5. The average molecular weight is 357 g/mol. The maximum absolute atomic E-state index is 12.6. The molecule has 1 heterocycles. The van der Waals surface area contributed by atoms with Gasteiger partial charge in [0.2, 0.25) is 0 Å². The maximum atomic E-state index is 12.6. The molecule has 1 amide bonds. The van der Waals surface area contributed by atoms with Gasteiger partial charge in [-0.2, -0.15) is 4.68 Å². The minimum atomic E-state index is -0.182. The molecule has 1 aromatic heterocycles.